The maximum Gasteiger partial charge on any atom is 0.266 e. The number of rotatable bonds is 8. The van der Waals surface area contributed by atoms with Crippen LogP contribution in [0, 0.1) is 23.0 Å². The second-order valence-electron chi connectivity index (χ2n) is 5.90. The summed E-state index contributed by atoms with van der Waals surface area (Å²) in [6.45, 7) is 2.06. The van der Waals surface area contributed by atoms with Gasteiger partial charge in [-0.15, -0.1) is 0 Å². The zero-order valence-corrected chi connectivity index (χ0v) is 16.3. The SMILES string of the molecule is CCNC(=O)COc1ccc(/C=C(\C#N)C(=O)Nc2ccc(F)cc2F)cc1OC. The van der Waals surface area contributed by atoms with Crippen LogP contribution in [0.3, 0.4) is 0 Å². The summed E-state index contributed by atoms with van der Waals surface area (Å²) in [5, 5.41) is 14.1. The van der Waals surface area contributed by atoms with E-state index in [1.807, 2.05) is 0 Å². The summed E-state index contributed by atoms with van der Waals surface area (Å²) in [5.74, 6) is -2.31. The van der Waals surface area contributed by atoms with Gasteiger partial charge in [-0.2, -0.15) is 5.26 Å². The molecule has 7 nitrogen and oxygen atoms in total. The number of amides is 2. The summed E-state index contributed by atoms with van der Waals surface area (Å²) in [4.78, 5) is 23.8. The van der Waals surface area contributed by atoms with Crippen molar-refractivity contribution in [3.8, 4) is 17.6 Å². The van der Waals surface area contributed by atoms with Gasteiger partial charge in [-0.05, 0) is 42.8 Å². The predicted octanol–water partition coefficient (Wildman–Crippen LogP) is 3.03. The van der Waals surface area contributed by atoms with E-state index in [4.69, 9.17) is 9.47 Å². The number of benzene rings is 2. The zero-order chi connectivity index (χ0) is 22.1. The Morgan fingerprint density at radius 1 is 1.17 bits per heavy atom. The van der Waals surface area contributed by atoms with Gasteiger partial charge in [-0.3, -0.25) is 9.59 Å². The lowest BCUT2D eigenvalue weighted by atomic mass is 10.1. The number of methoxy groups -OCH3 is 1. The number of nitriles is 1. The topological polar surface area (TPSA) is 100 Å². The Labute approximate surface area is 171 Å². The number of nitrogens with one attached hydrogen (secondary N) is 2. The molecule has 0 aliphatic heterocycles. The highest BCUT2D eigenvalue weighted by atomic mass is 19.1. The minimum atomic E-state index is -0.962. The summed E-state index contributed by atoms with van der Waals surface area (Å²) in [6, 6.07) is 8.99. The van der Waals surface area contributed by atoms with Gasteiger partial charge >= 0.3 is 0 Å². The van der Waals surface area contributed by atoms with Crippen LogP contribution in [0.2, 0.25) is 0 Å². The molecule has 30 heavy (non-hydrogen) atoms. The van der Waals surface area contributed by atoms with Crippen LogP contribution in [0.5, 0.6) is 11.5 Å². The number of nitrogens with zero attached hydrogens (tertiary/aromatic N) is 1. The molecule has 2 aromatic carbocycles. The Morgan fingerprint density at radius 3 is 2.57 bits per heavy atom. The number of hydrogen-bond acceptors (Lipinski definition) is 5. The van der Waals surface area contributed by atoms with E-state index in [1.165, 1.54) is 25.3 Å². The van der Waals surface area contributed by atoms with Crippen LogP contribution in [0.4, 0.5) is 14.5 Å². The molecule has 0 aliphatic carbocycles. The van der Waals surface area contributed by atoms with Crippen molar-refractivity contribution in [2.24, 2.45) is 0 Å². The van der Waals surface area contributed by atoms with E-state index < -0.39 is 17.5 Å². The van der Waals surface area contributed by atoms with Crippen molar-refractivity contribution in [2.45, 2.75) is 6.92 Å². The van der Waals surface area contributed by atoms with E-state index in [0.29, 0.717) is 23.9 Å². The van der Waals surface area contributed by atoms with Crippen molar-refractivity contribution in [3.63, 3.8) is 0 Å². The molecule has 0 fully saturated rings. The van der Waals surface area contributed by atoms with Gasteiger partial charge in [0.15, 0.2) is 18.1 Å². The molecule has 2 N–H and O–H groups in total. The monoisotopic (exact) mass is 415 g/mol. The van der Waals surface area contributed by atoms with Crippen molar-refractivity contribution in [1.82, 2.24) is 5.32 Å². The highest BCUT2D eigenvalue weighted by molar-refractivity contribution is 6.09. The summed E-state index contributed by atoms with van der Waals surface area (Å²) in [7, 11) is 1.40. The standard InChI is InChI=1S/C21H19F2N3O4/c1-3-25-20(27)12-30-18-7-4-13(9-19(18)29-2)8-14(11-24)21(28)26-17-6-5-15(22)10-16(17)23/h4-10H,3,12H2,1-2H3,(H,25,27)(H,26,28)/b14-8+. The number of anilines is 1. The van der Waals surface area contributed by atoms with E-state index in [9.17, 15) is 23.6 Å². The highest BCUT2D eigenvalue weighted by Crippen LogP contribution is 2.29. The molecule has 0 bridgehead atoms. The summed E-state index contributed by atoms with van der Waals surface area (Å²) in [5.41, 5.74) is -0.130. The van der Waals surface area contributed by atoms with Crippen LogP contribution in [0.15, 0.2) is 42.0 Å². The van der Waals surface area contributed by atoms with Gasteiger partial charge in [0, 0.05) is 12.6 Å². The molecule has 156 valence electrons. The number of carbonyl (C=O) groups excluding carboxylic acids is 2. The summed E-state index contributed by atoms with van der Waals surface area (Å²) >= 11 is 0. The molecule has 0 saturated heterocycles. The molecular formula is C21H19F2N3O4. The van der Waals surface area contributed by atoms with Gasteiger partial charge < -0.3 is 20.1 Å². The van der Waals surface area contributed by atoms with Crippen molar-refractivity contribution >= 4 is 23.6 Å². The Morgan fingerprint density at radius 2 is 1.93 bits per heavy atom. The fourth-order valence-corrected chi connectivity index (χ4v) is 2.38. The smallest absolute Gasteiger partial charge is 0.266 e. The van der Waals surface area contributed by atoms with Gasteiger partial charge in [0.1, 0.15) is 23.3 Å². The molecule has 2 aromatic rings. The molecule has 0 spiro atoms. The van der Waals surface area contributed by atoms with Crippen LogP contribution < -0.4 is 20.1 Å². The molecular weight excluding hydrogens is 396 g/mol. The second-order valence-corrected chi connectivity index (χ2v) is 5.90. The van der Waals surface area contributed by atoms with E-state index in [2.05, 4.69) is 10.6 Å². The molecule has 0 aliphatic rings. The molecule has 0 atom stereocenters. The van der Waals surface area contributed by atoms with Gasteiger partial charge in [-0.25, -0.2) is 8.78 Å². The number of hydrogen-bond donors (Lipinski definition) is 2. The van der Waals surface area contributed by atoms with Gasteiger partial charge in [-0.1, -0.05) is 6.07 Å². The predicted molar refractivity (Wildman–Crippen MR) is 106 cm³/mol. The average molecular weight is 415 g/mol. The van der Waals surface area contributed by atoms with Crippen LogP contribution in [-0.4, -0.2) is 32.1 Å². The summed E-state index contributed by atoms with van der Waals surface area (Å²) in [6.07, 6.45) is 1.27. The lowest BCUT2D eigenvalue weighted by Crippen LogP contribution is -2.28. The molecule has 0 heterocycles. The molecule has 0 radical (unpaired) electrons. The van der Waals surface area contributed by atoms with Crippen LogP contribution in [-0.2, 0) is 9.59 Å². The maximum atomic E-state index is 13.7. The normalized spacial score (nSPS) is 10.7. The van der Waals surface area contributed by atoms with E-state index in [1.54, 1.807) is 19.1 Å². The molecule has 0 unspecified atom stereocenters. The quantitative estimate of drug-likeness (QED) is 0.510. The maximum absolute atomic E-state index is 13.7. The van der Waals surface area contributed by atoms with E-state index in [-0.39, 0.29) is 29.5 Å². The summed E-state index contributed by atoms with van der Waals surface area (Å²) < 4.78 is 37.3. The fraction of sp³-hybridized carbons (Fsp3) is 0.190. The Hall–Kier alpha value is -3.93. The third-order valence-corrected chi connectivity index (χ3v) is 3.78. The Balaban J connectivity index is 2.19. The lowest BCUT2D eigenvalue weighted by Gasteiger charge is -2.11. The third kappa shape index (κ3) is 6.04. The molecule has 0 saturated carbocycles. The van der Waals surface area contributed by atoms with Crippen molar-refractivity contribution < 1.29 is 27.8 Å². The van der Waals surface area contributed by atoms with E-state index in [0.717, 1.165) is 12.1 Å². The van der Waals surface area contributed by atoms with Crippen molar-refractivity contribution in [1.29, 1.82) is 5.26 Å². The van der Waals surface area contributed by atoms with Crippen LogP contribution >= 0.6 is 0 Å². The van der Waals surface area contributed by atoms with Gasteiger partial charge in [0.2, 0.25) is 0 Å². The zero-order valence-electron chi connectivity index (χ0n) is 16.3. The first-order valence-corrected chi connectivity index (χ1v) is 8.83. The first-order valence-electron chi connectivity index (χ1n) is 8.83. The first-order chi connectivity index (χ1) is 14.4. The van der Waals surface area contributed by atoms with Gasteiger partial charge in [0.05, 0.1) is 12.8 Å². The number of halogens is 2. The number of ether oxygens (including phenoxy) is 2. The molecule has 0 aromatic heterocycles. The Kier molecular flexibility index (Phi) is 7.88. The minimum absolute atomic E-state index is 0.200. The number of carbonyl (C=O) groups is 2. The Bertz CT molecular complexity index is 1020. The largest absolute Gasteiger partial charge is 0.493 e. The van der Waals surface area contributed by atoms with Gasteiger partial charge in [0.25, 0.3) is 11.8 Å². The highest BCUT2D eigenvalue weighted by Gasteiger charge is 2.14. The van der Waals surface area contributed by atoms with Crippen LogP contribution in [0.1, 0.15) is 12.5 Å². The first kappa shape index (κ1) is 22.4. The second kappa shape index (κ2) is 10.6. The van der Waals surface area contributed by atoms with Crippen molar-refractivity contribution in [3.05, 3.63) is 59.2 Å². The molecule has 2 rings (SSSR count). The minimum Gasteiger partial charge on any atom is -0.493 e. The van der Waals surface area contributed by atoms with E-state index >= 15 is 0 Å². The average Bonchev–Trinajstić information content (AvgIpc) is 2.72. The third-order valence-electron chi connectivity index (χ3n) is 3.78. The number of likely N-dealkylation sites (N-methyl/N-ethyl adjacent to an activating group) is 1. The van der Waals surface area contributed by atoms with Crippen LogP contribution in [0.25, 0.3) is 6.08 Å². The van der Waals surface area contributed by atoms with Crippen molar-refractivity contribution in [2.75, 3.05) is 25.6 Å². The lowest BCUT2D eigenvalue weighted by molar-refractivity contribution is -0.123. The fourth-order valence-electron chi connectivity index (χ4n) is 2.38. The molecule has 9 heteroatoms. The molecule has 2 amide bonds.